The maximum Gasteiger partial charge on any atom is 0.119 e. The van der Waals surface area contributed by atoms with Crippen molar-refractivity contribution in [3.05, 3.63) is 29.8 Å². The Hall–Kier alpha value is -1.06. The molecule has 0 bridgehead atoms. The van der Waals surface area contributed by atoms with E-state index in [1.807, 2.05) is 12.1 Å². The Bertz CT molecular complexity index is 421. The molecule has 0 unspecified atom stereocenters. The molecule has 21 heavy (non-hydrogen) atoms. The third-order valence-corrected chi connectivity index (χ3v) is 4.41. The van der Waals surface area contributed by atoms with Gasteiger partial charge in [0.05, 0.1) is 12.7 Å². The molecule has 3 heteroatoms. The molecular formula is C18H29NO2. The first-order valence-corrected chi connectivity index (χ1v) is 8.37. The van der Waals surface area contributed by atoms with Gasteiger partial charge in [0.15, 0.2) is 0 Å². The van der Waals surface area contributed by atoms with Gasteiger partial charge in [-0.05, 0) is 37.1 Å². The zero-order valence-corrected chi connectivity index (χ0v) is 13.4. The Morgan fingerprint density at radius 2 is 2.14 bits per heavy atom. The van der Waals surface area contributed by atoms with Crippen LogP contribution in [0.2, 0.25) is 0 Å². The quantitative estimate of drug-likeness (QED) is 0.781. The molecule has 3 nitrogen and oxygen atoms in total. The Morgan fingerprint density at radius 1 is 1.29 bits per heavy atom. The Kier molecular flexibility index (Phi) is 6.52. The fourth-order valence-electron chi connectivity index (χ4n) is 3.00. The number of hydrogen-bond donors (Lipinski definition) is 1. The summed E-state index contributed by atoms with van der Waals surface area (Å²) in [4.78, 5) is 2.41. The molecule has 118 valence electrons. The Balaban J connectivity index is 1.98. The molecule has 0 amide bonds. The molecule has 0 spiro atoms. The van der Waals surface area contributed by atoms with Crippen LogP contribution in [-0.2, 0) is 0 Å². The van der Waals surface area contributed by atoms with Crippen molar-refractivity contribution in [3.8, 4) is 5.75 Å². The molecule has 0 aliphatic carbocycles. The summed E-state index contributed by atoms with van der Waals surface area (Å²) in [6.45, 7) is 8.16. The van der Waals surface area contributed by atoms with E-state index in [0.717, 1.165) is 44.8 Å². The van der Waals surface area contributed by atoms with E-state index in [1.165, 1.54) is 18.4 Å². The largest absolute Gasteiger partial charge is 0.494 e. The molecule has 1 N–H and O–H groups in total. The highest BCUT2D eigenvalue weighted by Gasteiger charge is 2.28. The highest BCUT2D eigenvalue weighted by atomic mass is 16.5. The van der Waals surface area contributed by atoms with Gasteiger partial charge < -0.3 is 14.7 Å². The van der Waals surface area contributed by atoms with Crippen LogP contribution in [0.5, 0.6) is 5.75 Å². The van der Waals surface area contributed by atoms with Gasteiger partial charge in [-0.2, -0.15) is 0 Å². The molecule has 1 aliphatic heterocycles. The van der Waals surface area contributed by atoms with Gasteiger partial charge in [-0.15, -0.1) is 0 Å². The molecule has 1 aromatic carbocycles. The molecule has 1 fully saturated rings. The average Bonchev–Trinajstić information content (AvgIpc) is 2.52. The summed E-state index contributed by atoms with van der Waals surface area (Å²) in [7, 11) is 0. The number of ether oxygens (including phenoxy) is 1. The van der Waals surface area contributed by atoms with E-state index in [-0.39, 0.29) is 12.0 Å². The maximum absolute atomic E-state index is 10.3. The number of aliphatic hydroxyl groups is 1. The van der Waals surface area contributed by atoms with Crippen molar-refractivity contribution in [3.63, 3.8) is 0 Å². The number of piperidine rings is 1. The monoisotopic (exact) mass is 291 g/mol. The zero-order chi connectivity index (χ0) is 15.1. The maximum atomic E-state index is 10.3. The van der Waals surface area contributed by atoms with Crippen LogP contribution in [0.25, 0.3) is 0 Å². The predicted molar refractivity (Wildman–Crippen MR) is 86.9 cm³/mol. The number of unbranched alkanes of at least 4 members (excludes halogenated alkanes) is 2. The van der Waals surface area contributed by atoms with Crippen molar-refractivity contribution in [2.75, 3.05) is 26.2 Å². The van der Waals surface area contributed by atoms with Crippen LogP contribution < -0.4 is 4.74 Å². The number of rotatable bonds is 7. The molecule has 0 saturated carbocycles. The number of benzene rings is 1. The lowest BCUT2D eigenvalue weighted by atomic mass is 9.88. The lowest BCUT2D eigenvalue weighted by molar-refractivity contribution is 0.0623. The number of aliphatic hydroxyl groups excluding tert-OH is 1. The second-order valence-electron chi connectivity index (χ2n) is 5.98. The van der Waals surface area contributed by atoms with Gasteiger partial charge in [0.2, 0.25) is 0 Å². The standard InChI is InChI=1S/C18H29NO2/c1-3-5-6-12-21-16-9-7-8-15(13-16)17-14-19(4-2)11-10-18(17)20/h7-9,13,17-18,20H,3-6,10-12,14H2,1-2H3/t17-,18-/m0/s1. The molecular weight excluding hydrogens is 262 g/mol. The fraction of sp³-hybridized carbons (Fsp3) is 0.667. The number of likely N-dealkylation sites (N-methyl/N-ethyl adjacent to an activating group) is 1. The third-order valence-electron chi connectivity index (χ3n) is 4.41. The van der Waals surface area contributed by atoms with Gasteiger partial charge in [0, 0.05) is 19.0 Å². The summed E-state index contributed by atoms with van der Waals surface area (Å²) < 4.78 is 5.83. The number of likely N-dealkylation sites (tertiary alicyclic amines) is 1. The molecule has 1 saturated heterocycles. The molecule has 2 rings (SSSR count). The molecule has 1 aromatic rings. The normalized spacial score (nSPS) is 23.2. The summed E-state index contributed by atoms with van der Waals surface area (Å²) in [5.74, 6) is 1.14. The Labute approximate surface area is 128 Å². The van der Waals surface area contributed by atoms with Crippen molar-refractivity contribution in [2.24, 2.45) is 0 Å². The molecule has 0 radical (unpaired) electrons. The summed E-state index contributed by atoms with van der Waals surface area (Å²) in [5, 5.41) is 10.3. The lowest BCUT2D eigenvalue weighted by Gasteiger charge is -2.36. The van der Waals surface area contributed by atoms with E-state index in [4.69, 9.17) is 4.74 Å². The number of nitrogens with zero attached hydrogens (tertiary/aromatic N) is 1. The smallest absolute Gasteiger partial charge is 0.119 e. The van der Waals surface area contributed by atoms with Crippen LogP contribution in [0, 0.1) is 0 Å². The second kappa shape index (κ2) is 8.40. The van der Waals surface area contributed by atoms with Gasteiger partial charge in [0.25, 0.3) is 0 Å². The molecule has 1 aliphatic rings. The summed E-state index contributed by atoms with van der Waals surface area (Å²) in [6, 6.07) is 8.29. The molecule has 2 atom stereocenters. The topological polar surface area (TPSA) is 32.7 Å². The first kappa shape index (κ1) is 16.3. The van der Waals surface area contributed by atoms with E-state index in [1.54, 1.807) is 0 Å². The molecule has 1 heterocycles. The van der Waals surface area contributed by atoms with Crippen molar-refractivity contribution < 1.29 is 9.84 Å². The summed E-state index contributed by atoms with van der Waals surface area (Å²) >= 11 is 0. The van der Waals surface area contributed by atoms with Crippen molar-refractivity contribution >= 4 is 0 Å². The highest BCUT2D eigenvalue weighted by molar-refractivity contribution is 5.32. The van der Waals surface area contributed by atoms with Crippen molar-refractivity contribution in [2.45, 2.75) is 51.6 Å². The van der Waals surface area contributed by atoms with E-state index < -0.39 is 0 Å². The SMILES string of the molecule is CCCCCOc1cccc([C@@H]2CN(CC)CC[C@@H]2O)c1. The van der Waals surface area contributed by atoms with Gasteiger partial charge in [-0.1, -0.05) is 38.8 Å². The van der Waals surface area contributed by atoms with Gasteiger partial charge in [-0.3, -0.25) is 0 Å². The van der Waals surface area contributed by atoms with Crippen molar-refractivity contribution in [1.29, 1.82) is 0 Å². The summed E-state index contributed by atoms with van der Waals surface area (Å²) in [6.07, 6.45) is 4.16. The van der Waals surface area contributed by atoms with E-state index in [2.05, 4.69) is 30.9 Å². The second-order valence-corrected chi connectivity index (χ2v) is 5.98. The van der Waals surface area contributed by atoms with Crippen LogP contribution in [-0.4, -0.2) is 42.4 Å². The summed E-state index contributed by atoms with van der Waals surface area (Å²) in [5.41, 5.74) is 1.20. The minimum absolute atomic E-state index is 0.206. The van der Waals surface area contributed by atoms with E-state index in [0.29, 0.717) is 0 Å². The van der Waals surface area contributed by atoms with Crippen LogP contribution in [0.4, 0.5) is 0 Å². The van der Waals surface area contributed by atoms with Gasteiger partial charge in [0.1, 0.15) is 5.75 Å². The van der Waals surface area contributed by atoms with Crippen LogP contribution in [0.3, 0.4) is 0 Å². The molecule has 0 aromatic heterocycles. The number of hydrogen-bond acceptors (Lipinski definition) is 3. The fourth-order valence-corrected chi connectivity index (χ4v) is 3.00. The first-order chi connectivity index (χ1) is 10.2. The highest BCUT2D eigenvalue weighted by Crippen LogP contribution is 2.29. The van der Waals surface area contributed by atoms with Gasteiger partial charge in [-0.25, -0.2) is 0 Å². The minimum Gasteiger partial charge on any atom is -0.494 e. The third kappa shape index (κ3) is 4.72. The van der Waals surface area contributed by atoms with Crippen LogP contribution >= 0.6 is 0 Å². The van der Waals surface area contributed by atoms with E-state index in [9.17, 15) is 5.11 Å². The minimum atomic E-state index is -0.233. The zero-order valence-electron chi connectivity index (χ0n) is 13.4. The average molecular weight is 291 g/mol. The Morgan fingerprint density at radius 3 is 2.90 bits per heavy atom. The van der Waals surface area contributed by atoms with Crippen molar-refractivity contribution in [1.82, 2.24) is 4.90 Å². The van der Waals surface area contributed by atoms with Crippen LogP contribution in [0.15, 0.2) is 24.3 Å². The lowest BCUT2D eigenvalue weighted by Crippen LogP contribution is -2.41. The van der Waals surface area contributed by atoms with Gasteiger partial charge >= 0.3 is 0 Å². The first-order valence-electron chi connectivity index (χ1n) is 8.37. The van der Waals surface area contributed by atoms with Crippen LogP contribution in [0.1, 0.15) is 51.0 Å². The van der Waals surface area contributed by atoms with E-state index >= 15 is 0 Å². The predicted octanol–water partition coefficient (Wildman–Crippen LogP) is 3.43.